The summed E-state index contributed by atoms with van der Waals surface area (Å²) in [4.78, 5) is 2.75. The number of morpholine rings is 1. The van der Waals surface area contributed by atoms with E-state index in [2.05, 4.69) is 31.0 Å². The Morgan fingerprint density at radius 2 is 1.95 bits per heavy atom. The van der Waals surface area contributed by atoms with Crippen LogP contribution in [0.4, 0.5) is 0 Å². The number of nitrogens with zero attached hydrogens (tertiary/aromatic N) is 1. The van der Waals surface area contributed by atoms with Gasteiger partial charge in [0.05, 0.1) is 12.7 Å². The van der Waals surface area contributed by atoms with Gasteiger partial charge in [0.15, 0.2) is 0 Å². The van der Waals surface area contributed by atoms with Gasteiger partial charge in [-0.2, -0.15) is 0 Å². The molecule has 0 amide bonds. The molecule has 1 N–H and O–H groups in total. The van der Waals surface area contributed by atoms with Crippen molar-refractivity contribution < 1.29 is 4.74 Å². The van der Waals surface area contributed by atoms with Crippen molar-refractivity contribution >= 4 is 0 Å². The van der Waals surface area contributed by atoms with Crippen molar-refractivity contribution in [2.45, 2.75) is 71.1 Å². The molecule has 1 aliphatic heterocycles. The van der Waals surface area contributed by atoms with Gasteiger partial charge in [0, 0.05) is 25.2 Å². The smallest absolute Gasteiger partial charge is 0.0852 e. The Balaban J connectivity index is 1.93. The van der Waals surface area contributed by atoms with E-state index in [0.29, 0.717) is 12.1 Å². The molecule has 2 fully saturated rings. The lowest BCUT2D eigenvalue weighted by Crippen LogP contribution is -2.53. The second-order valence-corrected chi connectivity index (χ2v) is 6.71. The maximum Gasteiger partial charge on any atom is 0.0852 e. The highest BCUT2D eigenvalue weighted by Gasteiger charge is 2.31. The Labute approximate surface area is 119 Å². The molecule has 2 aliphatic rings. The number of nitrogens with one attached hydrogen (secondary N) is 1. The van der Waals surface area contributed by atoms with Crippen molar-refractivity contribution in [2.24, 2.45) is 5.92 Å². The highest BCUT2D eigenvalue weighted by atomic mass is 16.5. The quantitative estimate of drug-likeness (QED) is 0.801. The van der Waals surface area contributed by atoms with E-state index in [-0.39, 0.29) is 0 Å². The minimum absolute atomic E-state index is 0.376. The van der Waals surface area contributed by atoms with Crippen molar-refractivity contribution in [3.63, 3.8) is 0 Å². The van der Waals surface area contributed by atoms with Crippen LogP contribution in [-0.2, 0) is 4.74 Å². The number of hydrogen-bond acceptors (Lipinski definition) is 3. The first kappa shape index (κ1) is 15.3. The van der Waals surface area contributed by atoms with Crippen LogP contribution in [0.15, 0.2) is 0 Å². The summed E-state index contributed by atoms with van der Waals surface area (Å²) in [6, 6.07) is 1.36. The van der Waals surface area contributed by atoms with Crippen LogP contribution < -0.4 is 5.32 Å². The molecule has 3 nitrogen and oxygen atoms in total. The molecular formula is C16H32N2O. The lowest BCUT2D eigenvalue weighted by atomic mass is 10.0. The van der Waals surface area contributed by atoms with E-state index in [9.17, 15) is 0 Å². The zero-order valence-electron chi connectivity index (χ0n) is 13.0. The fourth-order valence-electron chi connectivity index (χ4n) is 3.47. The van der Waals surface area contributed by atoms with Gasteiger partial charge in [-0.15, -0.1) is 0 Å². The third-order valence-electron chi connectivity index (χ3n) is 4.78. The predicted octanol–water partition coefficient (Wildman–Crippen LogP) is 2.65. The molecule has 2 unspecified atom stereocenters. The zero-order chi connectivity index (χ0) is 13.7. The highest BCUT2D eigenvalue weighted by molar-refractivity contribution is 4.87. The molecule has 0 spiro atoms. The number of rotatable bonds is 6. The van der Waals surface area contributed by atoms with Crippen LogP contribution in [0.2, 0.25) is 0 Å². The molecular weight excluding hydrogens is 236 g/mol. The Kier molecular flexibility index (Phi) is 6.11. The van der Waals surface area contributed by atoms with E-state index < -0.39 is 0 Å². The van der Waals surface area contributed by atoms with Crippen LogP contribution in [0, 0.1) is 5.92 Å². The molecule has 3 heteroatoms. The van der Waals surface area contributed by atoms with Gasteiger partial charge in [-0.3, -0.25) is 4.90 Å². The average Bonchev–Trinajstić information content (AvgIpc) is 2.93. The Morgan fingerprint density at radius 1 is 1.21 bits per heavy atom. The molecule has 0 aromatic heterocycles. The van der Waals surface area contributed by atoms with E-state index in [4.69, 9.17) is 4.74 Å². The van der Waals surface area contributed by atoms with Crippen molar-refractivity contribution in [3.05, 3.63) is 0 Å². The summed E-state index contributed by atoms with van der Waals surface area (Å²) in [6.07, 6.45) is 7.30. The van der Waals surface area contributed by atoms with Crippen LogP contribution in [-0.4, -0.2) is 49.3 Å². The second kappa shape index (κ2) is 7.61. The van der Waals surface area contributed by atoms with Crippen molar-refractivity contribution in [1.29, 1.82) is 0 Å². The van der Waals surface area contributed by atoms with Crippen LogP contribution in [0.1, 0.15) is 52.9 Å². The molecule has 0 radical (unpaired) electrons. The van der Waals surface area contributed by atoms with Gasteiger partial charge >= 0.3 is 0 Å². The van der Waals surface area contributed by atoms with E-state index >= 15 is 0 Å². The Hall–Kier alpha value is -0.120. The fraction of sp³-hybridized carbons (Fsp3) is 1.00. The van der Waals surface area contributed by atoms with E-state index in [0.717, 1.165) is 31.7 Å². The SMILES string of the molecule is CC(C)CCN(C1CCCC1)C(C)C1CNCCO1. The van der Waals surface area contributed by atoms with Crippen molar-refractivity contribution in [2.75, 3.05) is 26.2 Å². The molecule has 0 bridgehead atoms. The normalized spacial score (nSPS) is 27.3. The van der Waals surface area contributed by atoms with Gasteiger partial charge in [0.1, 0.15) is 0 Å². The third kappa shape index (κ3) is 4.44. The Bertz CT molecular complexity index is 245. The van der Waals surface area contributed by atoms with Gasteiger partial charge in [-0.1, -0.05) is 26.7 Å². The summed E-state index contributed by atoms with van der Waals surface area (Å²) >= 11 is 0. The first-order valence-electron chi connectivity index (χ1n) is 8.26. The van der Waals surface area contributed by atoms with Crippen molar-refractivity contribution in [3.8, 4) is 0 Å². The maximum atomic E-state index is 5.98. The molecule has 1 heterocycles. The van der Waals surface area contributed by atoms with E-state index in [1.54, 1.807) is 0 Å². The van der Waals surface area contributed by atoms with E-state index in [1.165, 1.54) is 38.6 Å². The first-order valence-corrected chi connectivity index (χ1v) is 8.26. The molecule has 1 aliphatic carbocycles. The summed E-state index contributed by atoms with van der Waals surface area (Å²) in [7, 11) is 0. The van der Waals surface area contributed by atoms with Crippen LogP contribution in [0.25, 0.3) is 0 Å². The molecule has 1 saturated carbocycles. The molecule has 1 saturated heterocycles. The van der Waals surface area contributed by atoms with E-state index in [1.807, 2.05) is 0 Å². The fourth-order valence-corrected chi connectivity index (χ4v) is 3.47. The van der Waals surface area contributed by atoms with Gasteiger partial charge in [0.25, 0.3) is 0 Å². The molecule has 0 aromatic carbocycles. The predicted molar refractivity (Wildman–Crippen MR) is 80.5 cm³/mol. The highest BCUT2D eigenvalue weighted by Crippen LogP contribution is 2.27. The summed E-state index contributed by atoms with van der Waals surface area (Å²) in [5, 5.41) is 3.47. The minimum atomic E-state index is 0.376. The van der Waals surface area contributed by atoms with Crippen LogP contribution >= 0.6 is 0 Å². The molecule has 0 aromatic rings. The van der Waals surface area contributed by atoms with Gasteiger partial charge in [-0.25, -0.2) is 0 Å². The van der Waals surface area contributed by atoms with Gasteiger partial charge in [-0.05, 0) is 38.6 Å². The second-order valence-electron chi connectivity index (χ2n) is 6.71. The van der Waals surface area contributed by atoms with Crippen LogP contribution in [0.5, 0.6) is 0 Å². The van der Waals surface area contributed by atoms with Crippen molar-refractivity contribution in [1.82, 2.24) is 10.2 Å². The topological polar surface area (TPSA) is 24.5 Å². The van der Waals surface area contributed by atoms with Crippen LogP contribution in [0.3, 0.4) is 0 Å². The summed E-state index contributed by atoms with van der Waals surface area (Å²) in [5.41, 5.74) is 0. The maximum absolute atomic E-state index is 5.98. The number of ether oxygens (including phenoxy) is 1. The largest absolute Gasteiger partial charge is 0.374 e. The zero-order valence-corrected chi connectivity index (χ0v) is 13.0. The lowest BCUT2D eigenvalue weighted by Gasteiger charge is -2.40. The molecule has 112 valence electrons. The lowest BCUT2D eigenvalue weighted by molar-refractivity contribution is -0.0379. The molecule has 19 heavy (non-hydrogen) atoms. The summed E-state index contributed by atoms with van der Waals surface area (Å²) in [5.74, 6) is 0.793. The summed E-state index contributed by atoms with van der Waals surface area (Å²) in [6.45, 7) is 11.2. The Morgan fingerprint density at radius 3 is 2.53 bits per heavy atom. The molecule has 2 rings (SSSR count). The van der Waals surface area contributed by atoms with Gasteiger partial charge < -0.3 is 10.1 Å². The first-order chi connectivity index (χ1) is 9.18. The minimum Gasteiger partial charge on any atom is -0.374 e. The average molecular weight is 268 g/mol. The number of hydrogen-bond donors (Lipinski definition) is 1. The summed E-state index contributed by atoms with van der Waals surface area (Å²) < 4.78 is 5.98. The monoisotopic (exact) mass is 268 g/mol. The standard InChI is InChI=1S/C16H32N2O/c1-13(2)8-10-18(15-6-4-5-7-15)14(3)16-12-17-9-11-19-16/h13-17H,4-12H2,1-3H3. The molecule has 2 atom stereocenters. The van der Waals surface area contributed by atoms with Gasteiger partial charge in [0.2, 0.25) is 0 Å². The third-order valence-corrected chi connectivity index (χ3v) is 4.78.